The Hall–Kier alpha value is -1.77. The average Bonchev–Trinajstić information content (AvgIpc) is 2.15. The van der Waals surface area contributed by atoms with Gasteiger partial charge in [-0.15, -0.1) is 0 Å². The Balaban J connectivity index is 3.51. The van der Waals surface area contributed by atoms with Gasteiger partial charge in [-0.25, -0.2) is 4.79 Å². The molecule has 1 heterocycles. The molecule has 3 heteroatoms. The van der Waals surface area contributed by atoms with E-state index < -0.39 is 0 Å². The van der Waals surface area contributed by atoms with Crippen molar-refractivity contribution in [1.82, 2.24) is 0 Å². The van der Waals surface area contributed by atoms with E-state index in [2.05, 4.69) is 0 Å². The van der Waals surface area contributed by atoms with E-state index in [9.17, 15) is 4.79 Å². The van der Waals surface area contributed by atoms with E-state index in [0.29, 0.717) is 10.6 Å². The third kappa shape index (κ3) is 2.33. The highest BCUT2D eigenvalue weighted by Crippen LogP contribution is 1.70. The molecule has 0 aromatic carbocycles. The first-order valence-electron chi connectivity index (χ1n) is 3.93. The lowest BCUT2D eigenvalue weighted by atomic mass is 10.3. The zero-order valence-electron chi connectivity index (χ0n) is 7.36. The molecule has 2 N–H and O–H groups in total. The molecule has 1 rings (SSSR count). The maximum Gasteiger partial charge on any atom is 0.336 e. The minimum atomic E-state index is -0.374. The Bertz CT molecular complexity index is 468. The van der Waals surface area contributed by atoms with Crippen LogP contribution in [-0.2, 0) is 0 Å². The summed E-state index contributed by atoms with van der Waals surface area (Å²) in [5.74, 6) is 0. The van der Waals surface area contributed by atoms with Crippen molar-refractivity contribution < 1.29 is 4.42 Å². The fourth-order valence-electron chi connectivity index (χ4n) is 0.893. The highest BCUT2D eigenvalue weighted by atomic mass is 16.4. The van der Waals surface area contributed by atoms with Gasteiger partial charge in [0.05, 0.1) is 0 Å². The summed E-state index contributed by atoms with van der Waals surface area (Å²) >= 11 is 0. The molecular formula is C10H11NO2. The van der Waals surface area contributed by atoms with Crippen LogP contribution in [0, 0.1) is 0 Å². The summed E-state index contributed by atoms with van der Waals surface area (Å²) in [5.41, 5.74) is 5.45. The molecule has 0 spiro atoms. The maximum absolute atomic E-state index is 10.9. The molecule has 0 unspecified atom stereocenters. The molecule has 0 bridgehead atoms. The second kappa shape index (κ2) is 4.30. The average molecular weight is 177 g/mol. The first kappa shape index (κ1) is 9.32. The Morgan fingerprint density at radius 3 is 2.85 bits per heavy atom. The van der Waals surface area contributed by atoms with Crippen molar-refractivity contribution in [1.29, 1.82) is 0 Å². The molecular weight excluding hydrogens is 166 g/mol. The third-order valence-corrected chi connectivity index (χ3v) is 1.51. The molecule has 13 heavy (non-hydrogen) atoms. The molecule has 0 aliphatic carbocycles. The molecule has 3 nitrogen and oxygen atoms in total. The lowest BCUT2D eigenvalue weighted by Gasteiger charge is -1.85. The van der Waals surface area contributed by atoms with Crippen LogP contribution in [0.25, 0.3) is 12.3 Å². The summed E-state index contributed by atoms with van der Waals surface area (Å²) in [6, 6.07) is 2.97. The smallest absolute Gasteiger partial charge is 0.336 e. The van der Waals surface area contributed by atoms with E-state index in [-0.39, 0.29) is 5.63 Å². The number of hydrogen-bond acceptors (Lipinski definition) is 3. The van der Waals surface area contributed by atoms with Gasteiger partial charge in [-0.1, -0.05) is 12.2 Å². The molecule has 0 saturated carbocycles. The summed E-state index contributed by atoms with van der Waals surface area (Å²) in [4.78, 5) is 10.9. The second-order valence-electron chi connectivity index (χ2n) is 2.43. The van der Waals surface area contributed by atoms with Gasteiger partial charge < -0.3 is 10.2 Å². The van der Waals surface area contributed by atoms with Gasteiger partial charge in [-0.3, -0.25) is 0 Å². The van der Waals surface area contributed by atoms with E-state index >= 15 is 0 Å². The van der Waals surface area contributed by atoms with Crippen LogP contribution in [0.2, 0.25) is 0 Å². The van der Waals surface area contributed by atoms with E-state index in [0.717, 1.165) is 0 Å². The largest absolute Gasteiger partial charge is 0.423 e. The quantitative estimate of drug-likeness (QED) is 0.640. The number of nitrogens with two attached hydrogens (primary N) is 1. The van der Waals surface area contributed by atoms with Gasteiger partial charge in [0.25, 0.3) is 0 Å². The van der Waals surface area contributed by atoms with Crippen molar-refractivity contribution in [3.8, 4) is 0 Å². The molecule has 0 fully saturated rings. The van der Waals surface area contributed by atoms with Crippen LogP contribution in [-0.4, -0.2) is 0 Å². The third-order valence-electron chi connectivity index (χ3n) is 1.51. The van der Waals surface area contributed by atoms with E-state index in [1.54, 1.807) is 18.2 Å². The SMILES string of the molecule is C/C=C/C=c1/oc(=O)cc/c1=C/N. The summed E-state index contributed by atoms with van der Waals surface area (Å²) in [6.07, 6.45) is 6.72. The van der Waals surface area contributed by atoms with Crippen LogP contribution in [0.15, 0.2) is 33.5 Å². The summed E-state index contributed by atoms with van der Waals surface area (Å²) in [6.45, 7) is 1.88. The number of rotatable bonds is 1. The highest BCUT2D eigenvalue weighted by Gasteiger charge is 1.87. The minimum Gasteiger partial charge on any atom is -0.423 e. The van der Waals surface area contributed by atoms with Crippen LogP contribution in [0.1, 0.15) is 6.92 Å². The van der Waals surface area contributed by atoms with Gasteiger partial charge in [0, 0.05) is 17.5 Å². The molecule has 0 saturated heterocycles. The molecule has 0 aliphatic heterocycles. The molecule has 0 amide bonds. The van der Waals surface area contributed by atoms with Crippen LogP contribution in [0.3, 0.4) is 0 Å². The van der Waals surface area contributed by atoms with Crippen LogP contribution in [0.5, 0.6) is 0 Å². The van der Waals surface area contributed by atoms with E-state index in [1.807, 2.05) is 13.0 Å². The summed E-state index contributed by atoms with van der Waals surface area (Å²) in [7, 11) is 0. The van der Waals surface area contributed by atoms with Gasteiger partial charge in [0.15, 0.2) is 0 Å². The van der Waals surface area contributed by atoms with Crippen LogP contribution < -0.4 is 22.0 Å². The minimum absolute atomic E-state index is 0.374. The Morgan fingerprint density at radius 2 is 2.23 bits per heavy atom. The van der Waals surface area contributed by atoms with Gasteiger partial charge in [-0.05, 0) is 19.1 Å². The van der Waals surface area contributed by atoms with Crippen molar-refractivity contribution in [3.63, 3.8) is 0 Å². The maximum atomic E-state index is 10.9. The number of hydrogen-bond donors (Lipinski definition) is 1. The van der Waals surface area contributed by atoms with Crippen molar-refractivity contribution >= 4 is 12.3 Å². The first-order valence-corrected chi connectivity index (χ1v) is 3.93. The highest BCUT2D eigenvalue weighted by molar-refractivity contribution is 5.34. The van der Waals surface area contributed by atoms with Crippen molar-refractivity contribution in [2.75, 3.05) is 0 Å². The van der Waals surface area contributed by atoms with Gasteiger partial charge in [0.2, 0.25) is 0 Å². The fourth-order valence-corrected chi connectivity index (χ4v) is 0.893. The monoisotopic (exact) mass is 177 g/mol. The van der Waals surface area contributed by atoms with Crippen molar-refractivity contribution in [3.05, 3.63) is 45.3 Å². The zero-order valence-corrected chi connectivity index (χ0v) is 7.36. The summed E-state index contributed by atoms with van der Waals surface area (Å²) < 4.78 is 4.93. The topological polar surface area (TPSA) is 56.2 Å². The Kier molecular flexibility index (Phi) is 3.09. The molecule has 1 aromatic rings. The lowest BCUT2D eigenvalue weighted by Crippen LogP contribution is -2.29. The first-order chi connectivity index (χ1) is 6.27. The van der Waals surface area contributed by atoms with E-state index in [1.165, 1.54) is 12.3 Å². The fraction of sp³-hybridized carbons (Fsp3) is 0.100. The van der Waals surface area contributed by atoms with Crippen molar-refractivity contribution in [2.45, 2.75) is 6.92 Å². The molecule has 0 radical (unpaired) electrons. The Labute approximate surface area is 75.5 Å². The molecule has 1 aromatic heterocycles. The predicted molar refractivity (Wildman–Crippen MR) is 52.2 cm³/mol. The molecule has 0 atom stereocenters. The number of allylic oxidation sites excluding steroid dienone is 2. The molecule has 68 valence electrons. The lowest BCUT2D eigenvalue weighted by molar-refractivity contribution is 0.473. The second-order valence-corrected chi connectivity index (χ2v) is 2.43. The normalized spacial score (nSPS) is 14.2. The van der Waals surface area contributed by atoms with Gasteiger partial charge in [-0.2, -0.15) is 0 Å². The summed E-state index contributed by atoms with van der Waals surface area (Å²) in [5, 5.41) is 0.706. The van der Waals surface area contributed by atoms with Gasteiger partial charge in [0.1, 0.15) is 5.42 Å². The predicted octanol–water partition coefficient (Wildman–Crippen LogP) is -0.307. The Morgan fingerprint density at radius 1 is 1.46 bits per heavy atom. The van der Waals surface area contributed by atoms with Crippen LogP contribution in [0.4, 0.5) is 0 Å². The molecule has 0 aliphatic rings. The van der Waals surface area contributed by atoms with Crippen molar-refractivity contribution in [2.24, 2.45) is 5.73 Å². The standard InChI is InChI=1S/C10H11NO2/c1-2-3-4-9-8(7-11)5-6-10(12)13-9/h2-7H,11H2,1H3/b3-2+,8-7-,9-4+. The van der Waals surface area contributed by atoms with Crippen LogP contribution >= 0.6 is 0 Å². The van der Waals surface area contributed by atoms with E-state index in [4.69, 9.17) is 10.2 Å². The van der Waals surface area contributed by atoms with Gasteiger partial charge >= 0.3 is 5.63 Å². The zero-order chi connectivity index (χ0) is 9.68.